The molecule has 1 aliphatic rings. The molecule has 0 fully saturated rings. The van der Waals surface area contributed by atoms with Crippen molar-refractivity contribution in [2.24, 2.45) is 0 Å². The molecule has 0 aliphatic carbocycles. The third-order valence-electron chi connectivity index (χ3n) is 4.79. The number of fused-ring (bicyclic) bond motifs is 1. The van der Waals surface area contributed by atoms with Crippen LogP contribution in [-0.4, -0.2) is 29.4 Å². The molecule has 1 atom stereocenters. The van der Waals surface area contributed by atoms with Crippen LogP contribution in [0.5, 0.6) is 11.5 Å². The Balaban J connectivity index is 1.76. The number of ether oxygens (including phenoxy) is 2. The molecule has 2 aromatic carbocycles. The number of nitrogens with zero attached hydrogens (tertiary/aromatic N) is 2. The number of aromatic nitrogens is 2. The molecule has 0 radical (unpaired) electrons. The van der Waals surface area contributed by atoms with Crippen LogP contribution in [0, 0.1) is 0 Å². The van der Waals surface area contributed by atoms with Crippen molar-refractivity contribution in [3.05, 3.63) is 78.5 Å². The van der Waals surface area contributed by atoms with Gasteiger partial charge in [-0.25, -0.2) is 4.68 Å². The van der Waals surface area contributed by atoms with Gasteiger partial charge >= 0.3 is 0 Å². The maximum absolute atomic E-state index is 12.5. The molecule has 3 aromatic rings. The van der Waals surface area contributed by atoms with Gasteiger partial charge in [-0.15, -0.1) is 0 Å². The predicted octanol–water partition coefficient (Wildman–Crippen LogP) is 3.92. The maximum atomic E-state index is 12.5. The third-order valence-corrected chi connectivity index (χ3v) is 4.79. The number of carbonyl (C=O) groups excluding carboxylic acids is 1. The van der Waals surface area contributed by atoms with Gasteiger partial charge in [0.1, 0.15) is 23.9 Å². The minimum absolute atomic E-state index is 0.0497. The fourth-order valence-electron chi connectivity index (χ4n) is 3.46. The number of methoxy groups -OCH3 is 1. The van der Waals surface area contributed by atoms with Gasteiger partial charge in [0.2, 0.25) is 5.91 Å². The minimum Gasteiger partial charge on any atom is -0.497 e. The number of nitrogens with one attached hydrogen (secondary N) is 1. The first-order valence-corrected chi connectivity index (χ1v) is 9.06. The van der Waals surface area contributed by atoms with Gasteiger partial charge in [0.15, 0.2) is 0 Å². The van der Waals surface area contributed by atoms with E-state index in [1.807, 2.05) is 54.7 Å². The number of amides is 1. The topological polar surface area (TPSA) is 65.4 Å². The van der Waals surface area contributed by atoms with Gasteiger partial charge in [-0.3, -0.25) is 4.79 Å². The van der Waals surface area contributed by atoms with Crippen molar-refractivity contribution in [2.75, 3.05) is 19.0 Å². The molecule has 2 heterocycles. The Bertz CT molecular complexity index is 1010. The zero-order valence-corrected chi connectivity index (χ0v) is 15.6. The molecule has 6 heteroatoms. The van der Waals surface area contributed by atoms with E-state index in [2.05, 4.69) is 17.0 Å². The number of benzene rings is 2. The van der Waals surface area contributed by atoms with Crippen LogP contribution in [0.15, 0.2) is 67.4 Å². The molecule has 0 saturated heterocycles. The normalized spacial score (nSPS) is 15.5. The molecule has 1 aromatic heterocycles. The largest absolute Gasteiger partial charge is 0.497 e. The Labute approximate surface area is 163 Å². The molecule has 0 bridgehead atoms. The maximum Gasteiger partial charge on any atom is 0.226 e. The van der Waals surface area contributed by atoms with Gasteiger partial charge in [-0.05, 0) is 30.3 Å². The van der Waals surface area contributed by atoms with Gasteiger partial charge in [0, 0.05) is 23.5 Å². The number of carbonyl (C=O) groups is 1. The summed E-state index contributed by atoms with van der Waals surface area (Å²) >= 11 is 0. The van der Waals surface area contributed by atoms with Crippen LogP contribution in [0.1, 0.15) is 23.5 Å². The van der Waals surface area contributed by atoms with Crippen LogP contribution in [0.25, 0.3) is 5.69 Å². The van der Waals surface area contributed by atoms with E-state index >= 15 is 0 Å². The van der Waals surface area contributed by atoms with Crippen LogP contribution in [0.3, 0.4) is 0 Å². The molecule has 142 valence electrons. The molecule has 0 saturated carbocycles. The highest BCUT2D eigenvalue weighted by molar-refractivity contribution is 5.94. The summed E-state index contributed by atoms with van der Waals surface area (Å²) in [5.74, 6) is 2.03. The van der Waals surface area contributed by atoms with E-state index in [1.54, 1.807) is 17.9 Å². The number of para-hydroxylation sites is 1. The zero-order chi connectivity index (χ0) is 19.5. The third kappa shape index (κ3) is 3.24. The molecule has 4 rings (SSSR count). The molecule has 1 amide bonds. The lowest BCUT2D eigenvalue weighted by Gasteiger charge is -2.25. The predicted molar refractivity (Wildman–Crippen MR) is 107 cm³/mol. The highest BCUT2D eigenvalue weighted by Gasteiger charge is 2.32. The van der Waals surface area contributed by atoms with Crippen LogP contribution in [0.2, 0.25) is 0 Å². The summed E-state index contributed by atoms with van der Waals surface area (Å²) < 4.78 is 12.8. The van der Waals surface area contributed by atoms with Crippen molar-refractivity contribution < 1.29 is 14.3 Å². The lowest BCUT2D eigenvalue weighted by Crippen LogP contribution is -2.25. The highest BCUT2D eigenvalue weighted by atomic mass is 16.5. The van der Waals surface area contributed by atoms with Crippen molar-refractivity contribution in [3.63, 3.8) is 0 Å². The Hall–Kier alpha value is -3.54. The second-order valence-corrected chi connectivity index (χ2v) is 6.50. The summed E-state index contributed by atoms with van der Waals surface area (Å²) in [6.45, 7) is 4.11. The van der Waals surface area contributed by atoms with E-state index in [1.165, 1.54) is 0 Å². The summed E-state index contributed by atoms with van der Waals surface area (Å²) in [5, 5.41) is 7.50. The second kappa shape index (κ2) is 7.60. The monoisotopic (exact) mass is 375 g/mol. The highest BCUT2D eigenvalue weighted by Crippen LogP contribution is 2.41. The summed E-state index contributed by atoms with van der Waals surface area (Å²) in [7, 11) is 1.63. The summed E-state index contributed by atoms with van der Waals surface area (Å²) in [5.41, 5.74) is 2.78. The van der Waals surface area contributed by atoms with E-state index in [4.69, 9.17) is 9.47 Å². The van der Waals surface area contributed by atoms with Gasteiger partial charge in [-0.2, -0.15) is 5.10 Å². The summed E-state index contributed by atoms with van der Waals surface area (Å²) in [6, 6.07) is 15.3. The molecule has 6 nitrogen and oxygen atoms in total. The minimum atomic E-state index is -0.128. The van der Waals surface area contributed by atoms with E-state index < -0.39 is 0 Å². The fraction of sp³-hybridized carbons (Fsp3) is 0.182. The van der Waals surface area contributed by atoms with Crippen molar-refractivity contribution in [1.82, 2.24) is 9.78 Å². The van der Waals surface area contributed by atoms with Gasteiger partial charge < -0.3 is 14.8 Å². The van der Waals surface area contributed by atoms with Gasteiger partial charge in [0.05, 0.1) is 19.0 Å². The van der Waals surface area contributed by atoms with Crippen molar-refractivity contribution in [1.29, 1.82) is 0 Å². The van der Waals surface area contributed by atoms with Crippen molar-refractivity contribution in [3.8, 4) is 17.2 Å². The average molecular weight is 375 g/mol. The summed E-state index contributed by atoms with van der Waals surface area (Å²) in [4.78, 5) is 12.5. The Morgan fingerprint density at radius 3 is 2.75 bits per heavy atom. The molecular formula is C22H21N3O3. The average Bonchev–Trinajstić information content (AvgIpc) is 3.15. The standard InChI is InChI=1S/C22H21N3O3/c1-3-12-28-20-7-5-4-6-17(20)18-13-21(26)24-22-19(18)14-23-25(22)15-8-10-16(27-2)11-9-15/h3-11,14,18H,1,12-13H2,2H3,(H,24,26). The lowest BCUT2D eigenvalue weighted by molar-refractivity contribution is -0.116. The smallest absolute Gasteiger partial charge is 0.226 e. The molecule has 1 aliphatic heterocycles. The summed E-state index contributed by atoms with van der Waals surface area (Å²) in [6.07, 6.45) is 3.86. The number of hydrogen-bond donors (Lipinski definition) is 1. The molecular weight excluding hydrogens is 354 g/mol. The first kappa shape index (κ1) is 17.9. The first-order chi connectivity index (χ1) is 13.7. The van der Waals surface area contributed by atoms with E-state index in [-0.39, 0.29) is 11.8 Å². The zero-order valence-electron chi connectivity index (χ0n) is 15.6. The Morgan fingerprint density at radius 2 is 2.00 bits per heavy atom. The lowest BCUT2D eigenvalue weighted by atomic mass is 9.87. The molecule has 0 spiro atoms. The number of rotatable bonds is 6. The molecule has 1 unspecified atom stereocenters. The van der Waals surface area contributed by atoms with Crippen LogP contribution < -0.4 is 14.8 Å². The second-order valence-electron chi connectivity index (χ2n) is 6.50. The SMILES string of the molecule is C=CCOc1ccccc1C1CC(=O)Nc2c1cnn2-c1ccc(OC)cc1. The Kier molecular flexibility index (Phi) is 4.85. The van der Waals surface area contributed by atoms with Crippen LogP contribution >= 0.6 is 0 Å². The van der Waals surface area contributed by atoms with E-state index in [0.29, 0.717) is 18.8 Å². The number of anilines is 1. The molecule has 1 N–H and O–H groups in total. The van der Waals surface area contributed by atoms with Gasteiger partial charge in [-0.1, -0.05) is 30.9 Å². The Morgan fingerprint density at radius 1 is 1.21 bits per heavy atom. The fourth-order valence-corrected chi connectivity index (χ4v) is 3.46. The molecule has 28 heavy (non-hydrogen) atoms. The van der Waals surface area contributed by atoms with Crippen molar-refractivity contribution in [2.45, 2.75) is 12.3 Å². The first-order valence-electron chi connectivity index (χ1n) is 9.06. The van der Waals surface area contributed by atoms with Crippen LogP contribution in [0.4, 0.5) is 5.82 Å². The van der Waals surface area contributed by atoms with Gasteiger partial charge in [0.25, 0.3) is 0 Å². The number of hydrogen-bond acceptors (Lipinski definition) is 4. The quantitative estimate of drug-likeness (QED) is 0.663. The van der Waals surface area contributed by atoms with Crippen LogP contribution in [-0.2, 0) is 4.79 Å². The van der Waals surface area contributed by atoms with E-state index in [9.17, 15) is 4.79 Å². The van der Waals surface area contributed by atoms with Crippen molar-refractivity contribution >= 4 is 11.7 Å². The van der Waals surface area contributed by atoms with E-state index in [0.717, 1.165) is 28.3 Å².